The van der Waals surface area contributed by atoms with Gasteiger partial charge in [0, 0.05) is 10.6 Å². The summed E-state index contributed by atoms with van der Waals surface area (Å²) in [5.41, 5.74) is 3.21. The summed E-state index contributed by atoms with van der Waals surface area (Å²) in [5, 5.41) is 17.2. The number of anilines is 1. The molecule has 5 aromatic rings. The topological polar surface area (TPSA) is 85.6 Å². The van der Waals surface area contributed by atoms with Crippen molar-refractivity contribution < 1.29 is 4.79 Å². The summed E-state index contributed by atoms with van der Waals surface area (Å²) in [5.74, 6) is 0.381. The molecule has 5 rings (SSSR count). The molecular formula is C21H14N6OS3. The van der Waals surface area contributed by atoms with Crippen LogP contribution in [-0.4, -0.2) is 30.9 Å². The first-order valence-corrected chi connectivity index (χ1v) is 11.8. The molecule has 0 saturated carbocycles. The molecule has 0 aliphatic heterocycles. The van der Waals surface area contributed by atoms with Gasteiger partial charge < -0.3 is 5.32 Å². The van der Waals surface area contributed by atoms with Crippen molar-refractivity contribution in [3.05, 3.63) is 83.4 Å². The lowest BCUT2D eigenvalue weighted by molar-refractivity contribution is 0.101. The molecule has 0 spiro atoms. The molecule has 0 bridgehead atoms. The first-order valence-electron chi connectivity index (χ1n) is 9.18. The quantitative estimate of drug-likeness (QED) is 0.371. The van der Waals surface area contributed by atoms with Crippen molar-refractivity contribution in [2.45, 2.75) is 9.24 Å². The van der Waals surface area contributed by atoms with Gasteiger partial charge in [0.15, 0.2) is 10.2 Å². The highest BCUT2D eigenvalue weighted by Gasteiger charge is 2.19. The van der Waals surface area contributed by atoms with Crippen molar-refractivity contribution in [2.75, 3.05) is 5.32 Å². The number of para-hydroxylation sites is 1. The third kappa shape index (κ3) is 4.41. The standard InChI is InChI=1S/C21H14N6OS3/c28-20(23-14-8-10-16(11-9-14)31-21-25-22-13-30-21)18-24-19(17-7-4-12-29-17)27(26-18)15-5-2-1-3-6-15/h1-13H,(H,23,28). The molecule has 1 N–H and O–H groups in total. The van der Waals surface area contributed by atoms with Crippen LogP contribution < -0.4 is 5.32 Å². The van der Waals surface area contributed by atoms with Crippen molar-refractivity contribution in [1.82, 2.24) is 25.0 Å². The number of benzene rings is 2. The Morgan fingerprint density at radius 3 is 2.52 bits per heavy atom. The third-order valence-corrected chi connectivity index (χ3v) is 6.86. The van der Waals surface area contributed by atoms with Crippen molar-refractivity contribution in [1.29, 1.82) is 0 Å². The molecule has 0 saturated heterocycles. The van der Waals surface area contributed by atoms with Crippen molar-refractivity contribution >= 4 is 46.0 Å². The maximum Gasteiger partial charge on any atom is 0.295 e. The van der Waals surface area contributed by atoms with E-state index in [1.165, 1.54) is 23.1 Å². The zero-order chi connectivity index (χ0) is 21.0. The number of aromatic nitrogens is 5. The summed E-state index contributed by atoms with van der Waals surface area (Å²) < 4.78 is 2.57. The Balaban J connectivity index is 1.38. The predicted octanol–water partition coefficient (Wildman–Crippen LogP) is 5.25. The highest BCUT2D eigenvalue weighted by Crippen LogP contribution is 2.29. The van der Waals surface area contributed by atoms with Crippen LogP contribution in [0.5, 0.6) is 0 Å². The molecule has 0 radical (unpaired) electrons. The zero-order valence-electron chi connectivity index (χ0n) is 15.9. The van der Waals surface area contributed by atoms with Gasteiger partial charge in [-0.3, -0.25) is 4.79 Å². The second-order valence-electron chi connectivity index (χ2n) is 6.27. The van der Waals surface area contributed by atoms with Gasteiger partial charge in [-0.25, -0.2) is 9.67 Å². The molecule has 0 fully saturated rings. The van der Waals surface area contributed by atoms with Crippen molar-refractivity contribution in [2.24, 2.45) is 0 Å². The number of nitrogens with zero attached hydrogens (tertiary/aromatic N) is 5. The molecule has 1 amide bonds. The van der Waals surface area contributed by atoms with Gasteiger partial charge in [0.2, 0.25) is 5.82 Å². The highest BCUT2D eigenvalue weighted by molar-refractivity contribution is 8.01. The summed E-state index contributed by atoms with van der Waals surface area (Å²) in [6, 6.07) is 21.1. The minimum Gasteiger partial charge on any atom is -0.319 e. The Kier molecular flexibility index (Phi) is 5.57. The smallest absolute Gasteiger partial charge is 0.295 e. The first kappa shape index (κ1) is 19.6. The van der Waals surface area contributed by atoms with E-state index in [2.05, 4.69) is 25.6 Å². The van der Waals surface area contributed by atoms with E-state index < -0.39 is 0 Å². The fraction of sp³-hybridized carbons (Fsp3) is 0. The van der Waals surface area contributed by atoms with Crippen molar-refractivity contribution in [3.8, 4) is 16.4 Å². The van der Waals surface area contributed by atoms with Gasteiger partial charge in [0.1, 0.15) is 5.51 Å². The summed E-state index contributed by atoms with van der Waals surface area (Å²) in [7, 11) is 0. The molecule has 10 heteroatoms. The Morgan fingerprint density at radius 2 is 1.81 bits per heavy atom. The van der Waals surface area contributed by atoms with Crippen LogP contribution in [0.4, 0.5) is 5.69 Å². The number of rotatable bonds is 6. The molecule has 0 atom stereocenters. The Bertz CT molecular complexity index is 1280. The summed E-state index contributed by atoms with van der Waals surface area (Å²) in [6.45, 7) is 0. The van der Waals surface area contributed by atoms with Gasteiger partial charge in [-0.15, -0.1) is 26.6 Å². The SMILES string of the molecule is O=C(Nc1ccc(Sc2nncs2)cc1)c1nc(-c2cccs2)n(-c2ccccc2)n1. The number of amides is 1. The number of hydrogen-bond donors (Lipinski definition) is 1. The van der Waals surface area contributed by atoms with Crippen LogP contribution in [0.2, 0.25) is 0 Å². The molecule has 3 aromatic heterocycles. The second-order valence-corrected chi connectivity index (χ2v) is 9.37. The van der Waals surface area contributed by atoms with Crippen LogP contribution in [0.25, 0.3) is 16.4 Å². The lowest BCUT2D eigenvalue weighted by Gasteiger charge is -2.04. The predicted molar refractivity (Wildman–Crippen MR) is 123 cm³/mol. The van der Waals surface area contributed by atoms with Crippen LogP contribution in [0.15, 0.2) is 86.9 Å². The number of carbonyl (C=O) groups excluding carboxylic acids is 1. The Morgan fingerprint density at radius 1 is 0.968 bits per heavy atom. The van der Waals surface area contributed by atoms with Gasteiger partial charge in [-0.2, -0.15) is 0 Å². The number of carbonyl (C=O) groups is 1. The molecule has 7 nitrogen and oxygen atoms in total. The molecular weight excluding hydrogens is 448 g/mol. The van der Waals surface area contributed by atoms with Gasteiger partial charge in [0.05, 0.1) is 10.6 Å². The van der Waals surface area contributed by atoms with Gasteiger partial charge in [-0.1, -0.05) is 47.4 Å². The van der Waals surface area contributed by atoms with E-state index in [4.69, 9.17) is 0 Å². The van der Waals surface area contributed by atoms with Crippen LogP contribution >= 0.6 is 34.4 Å². The number of nitrogens with one attached hydrogen (secondary N) is 1. The summed E-state index contributed by atoms with van der Waals surface area (Å²) >= 11 is 4.56. The van der Waals surface area contributed by atoms with Gasteiger partial charge in [-0.05, 0) is 47.8 Å². The van der Waals surface area contributed by atoms with Gasteiger partial charge >= 0.3 is 0 Å². The van der Waals surface area contributed by atoms with E-state index in [0.29, 0.717) is 11.5 Å². The van der Waals surface area contributed by atoms with E-state index in [9.17, 15) is 4.79 Å². The largest absolute Gasteiger partial charge is 0.319 e. The molecule has 0 aliphatic rings. The number of hydrogen-bond acceptors (Lipinski definition) is 8. The Labute approximate surface area is 189 Å². The van der Waals surface area contributed by atoms with E-state index in [-0.39, 0.29) is 11.7 Å². The highest BCUT2D eigenvalue weighted by atomic mass is 32.2. The maximum absolute atomic E-state index is 12.9. The van der Waals surface area contributed by atoms with E-state index in [1.807, 2.05) is 72.1 Å². The average Bonchev–Trinajstić information content (AvgIpc) is 3.57. The van der Waals surface area contributed by atoms with Crippen LogP contribution in [0.3, 0.4) is 0 Å². The second kappa shape index (κ2) is 8.80. The van der Waals surface area contributed by atoms with E-state index in [1.54, 1.807) is 21.5 Å². The summed E-state index contributed by atoms with van der Waals surface area (Å²) in [6.07, 6.45) is 0. The third-order valence-electron chi connectivity index (χ3n) is 4.21. The molecule has 3 heterocycles. The monoisotopic (exact) mass is 462 g/mol. The lowest BCUT2D eigenvalue weighted by atomic mass is 10.3. The van der Waals surface area contributed by atoms with Crippen LogP contribution in [0.1, 0.15) is 10.6 Å². The number of thiophene rings is 1. The minimum atomic E-state index is -0.364. The first-order chi connectivity index (χ1) is 15.3. The van der Waals surface area contributed by atoms with Gasteiger partial charge in [0.25, 0.3) is 5.91 Å². The lowest BCUT2D eigenvalue weighted by Crippen LogP contribution is -2.14. The van der Waals surface area contributed by atoms with E-state index >= 15 is 0 Å². The molecule has 2 aromatic carbocycles. The van der Waals surface area contributed by atoms with Crippen molar-refractivity contribution in [3.63, 3.8) is 0 Å². The summed E-state index contributed by atoms with van der Waals surface area (Å²) in [4.78, 5) is 19.3. The van der Waals surface area contributed by atoms with E-state index in [0.717, 1.165) is 19.8 Å². The average molecular weight is 463 g/mol. The molecule has 152 valence electrons. The fourth-order valence-electron chi connectivity index (χ4n) is 2.82. The van der Waals surface area contributed by atoms with Crippen LogP contribution in [0, 0.1) is 0 Å². The zero-order valence-corrected chi connectivity index (χ0v) is 18.3. The molecule has 0 aliphatic carbocycles. The molecule has 0 unspecified atom stereocenters. The maximum atomic E-state index is 12.9. The normalized spacial score (nSPS) is 10.8. The molecule has 31 heavy (non-hydrogen) atoms. The Hall–Kier alpha value is -3.34. The van der Waals surface area contributed by atoms with Crippen LogP contribution in [-0.2, 0) is 0 Å². The fourth-order valence-corrected chi connectivity index (χ4v) is 4.97. The minimum absolute atomic E-state index is 0.111.